The van der Waals surface area contributed by atoms with E-state index in [4.69, 9.17) is 25.4 Å². The van der Waals surface area contributed by atoms with E-state index in [-0.39, 0.29) is 0 Å². The third-order valence-electron chi connectivity index (χ3n) is 2.17. The molecule has 0 aromatic heterocycles. The molecule has 1 aliphatic rings. The third-order valence-corrected chi connectivity index (χ3v) is 2.65. The highest BCUT2D eigenvalue weighted by molar-refractivity contribution is 7.46. The number of aliphatic hydroxyl groups is 3. The van der Waals surface area contributed by atoms with Crippen LogP contribution in [-0.2, 0) is 13.8 Å². The second-order valence-electron chi connectivity index (χ2n) is 3.38. The van der Waals surface area contributed by atoms with Crippen molar-refractivity contribution in [2.75, 3.05) is 6.61 Å². The Morgan fingerprint density at radius 3 is 2.31 bits per heavy atom. The molecule has 0 aromatic rings. The maximum absolute atomic E-state index is 10.6. The lowest BCUT2D eigenvalue weighted by atomic mass is 9.98. The van der Waals surface area contributed by atoms with Crippen LogP contribution in [0, 0.1) is 0 Å². The second-order valence-corrected chi connectivity index (χ2v) is 4.57. The van der Waals surface area contributed by atoms with Crippen LogP contribution in [0.4, 0.5) is 0 Å². The van der Waals surface area contributed by atoms with E-state index in [2.05, 4.69) is 4.52 Å². The van der Waals surface area contributed by atoms with Gasteiger partial charge in [-0.2, -0.15) is 0 Å². The normalized spacial score (nSPS) is 41.0. The maximum atomic E-state index is 10.6. The topological polar surface area (TPSA) is 163 Å². The van der Waals surface area contributed by atoms with E-state index in [0.717, 1.165) is 0 Å². The number of phosphoric acid groups is 1. The quantitative estimate of drug-likeness (QED) is 0.287. The lowest BCUT2D eigenvalue weighted by Gasteiger charge is -2.40. The van der Waals surface area contributed by atoms with E-state index in [0.29, 0.717) is 0 Å². The number of nitrogens with two attached hydrogens (primary N) is 1. The minimum Gasteiger partial charge on any atom is -0.394 e. The van der Waals surface area contributed by atoms with Gasteiger partial charge in [0, 0.05) is 0 Å². The van der Waals surface area contributed by atoms with E-state index < -0.39 is 45.1 Å². The summed E-state index contributed by atoms with van der Waals surface area (Å²) in [5.74, 6) is 0. The Labute approximate surface area is 90.6 Å². The van der Waals surface area contributed by atoms with Crippen LogP contribution in [0.25, 0.3) is 0 Å². The summed E-state index contributed by atoms with van der Waals surface area (Å²) in [6.45, 7) is -0.647. The van der Waals surface area contributed by atoms with Crippen molar-refractivity contribution in [3.05, 3.63) is 0 Å². The Morgan fingerprint density at radius 2 is 1.88 bits per heavy atom. The molecule has 0 bridgehead atoms. The van der Waals surface area contributed by atoms with E-state index in [1.165, 1.54) is 0 Å². The molecule has 1 aliphatic heterocycles. The fraction of sp³-hybridized carbons (Fsp3) is 1.00. The lowest BCUT2D eigenvalue weighted by Crippen LogP contribution is -2.62. The molecule has 1 fully saturated rings. The number of rotatable bonds is 3. The van der Waals surface area contributed by atoms with Crippen molar-refractivity contribution in [1.29, 1.82) is 0 Å². The molecule has 2 unspecified atom stereocenters. The number of hydrogen-bond donors (Lipinski definition) is 6. The van der Waals surface area contributed by atoms with Crippen molar-refractivity contribution in [1.82, 2.24) is 0 Å². The third kappa shape index (κ3) is 3.20. The van der Waals surface area contributed by atoms with E-state index >= 15 is 0 Å². The number of phosphoric ester groups is 1. The van der Waals surface area contributed by atoms with Gasteiger partial charge in [-0.15, -0.1) is 0 Å². The van der Waals surface area contributed by atoms with Crippen LogP contribution in [0.5, 0.6) is 0 Å². The van der Waals surface area contributed by atoms with Gasteiger partial charge in [-0.25, -0.2) is 4.57 Å². The zero-order valence-corrected chi connectivity index (χ0v) is 8.97. The van der Waals surface area contributed by atoms with Gasteiger partial charge in [-0.05, 0) is 0 Å². The lowest BCUT2D eigenvalue weighted by molar-refractivity contribution is -0.242. The van der Waals surface area contributed by atoms with Gasteiger partial charge in [-0.3, -0.25) is 4.52 Å². The molecular weight excluding hydrogens is 245 g/mol. The SMILES string of the molecule is N[C@H]1C(O)[C@@H](O)C(CO)O[C@@H]1OP(=O)(O)O. The highest BCUT2D eigenvalue weighted by atomic mass is 31.2. The first-order valence-electron chi connectivity index (χ1n) is 4.38. The molecule has 0 spiro atoms. The summed E-state index contributed by atoms with van der Waals surface area (Å²) in [7, 11) is -4.83. The predicted octanol–water partition coefficient (Wildman–Crippen LogP) is -3.14. The highest BCUT2D eigenvalue weighted by Gasteiger charge is 2.45. The van der Waals surface area contributed by atoms with Crippen LogP contribution < -0.4 is 5.73 Å². The Hall–Kier alpha value is -0.0900. The number of ether oxygens (including phenoxy) is 1. The molecule has 7 N–H and O–H groups in total. The summed E-state index contributed by atoms with van der Waals surface area (Å²) in [6.07, 6.45) is -5.78. The number of aliphatic hydroxyl groups excluding tert-OH is 3. The van der Waals surface area contributed by atoms with E-state index in [9.17, 15) is 14.8 Å². The summed E-state index contributed by atoms with van der Waals surface area (Å²) in [5, 5.41) is 27.6. The van der Waals surface area contributed by atoms with Crippen LogP contribution >= 0.6 is 7.82 Å². The zero-order valence-electron chi connectivity index (χ0n) is 8.08. The molecular formula is C6H14NO8P. The average Bonchev–Trinajstić information content (AvgIpc) is 2.17. The zero-order chi connectivity index (χ0) is 12.5. The molecule has 96 valence electrons. The Morgan fingerprint density at radius 1 is 1.31 bits per heavy atom. The van der Waals surface area contributed by atoms with Crippen molar-refractivity contribution in [2.45, 2.75) is 30.6 Å². The largest absolute Gasteiger partial charge is 0.471 e. The first kappa shape index (κ1) is 14.0. The molecule has 5 atom stereocenters. The van der Waals surface area contributed by atoms with Gasteiger partial charge >= 0.3 is 7.82 Å². The van der Waals surface area contributed by atoms with Crippen LogP contribution in [0.2, 0.25) is 0 Å². The molecule has 16 heavy (non-hydrogen) atoms. The highest BCUT2D eigenvalue weighted by Crippen LogP contribution is 2.40. The summed E-state index contributed by atoms with van der Waals surface area (Å²) >= 11 is 0. The van der Waals surface area contributed by atoms with Crippen LogP contribution in [0.1, 0.15) is 0 Å². The monoisotopic (exact) mass is 259 g/mol. The molecule has 10 heteroatoms. The first-order chi connectivity index (χ1) is 7.26. The van der Waals surface area contributed by atoms with Crippen molar-refractivity contribution in [2.24, 2.45) is 5.73 Å². The Balaban J connectivity index is 2.75. The summed E-state index contributed by atoms with van der Waals surface area (Å²) in [5.41, 5.74) is 5.35. The predicted molar refractivity (Wildman–Crippen MR) is 48.9 cm³/mol. The molecule has 1 saturated heterocycles. The van der Waals surface area contributed by atoms with Crippen LogP contribution in [0.3, 0.4) is 0 Å². The minimum absolute atomic E-state index is 0.647. The fourth-order valence-electron chi connectivity index (χ4n) is 1.33. The standard InChI is InChI=1S/C6H14NO8P/c7-3-5(10)4(9)2(1-8)14-6(3)15-16(11,12)13/h2-6,8-10H,1,7H2,(H2,11,12,13)/t2?,3-,4-,5?,6+/m0/s1. The summed E-state index contributed by atoms with van der Waals surface area (Å²) in [4.78, 5) is 17.1. The van der Waals surface area contributed by atoms with Crippen molar-refractivity contribution in [3.63, 3.8) is 0 Å². The van der Waals surface area contributed by atoms with Crippen LogP contribution in [-0.4, -0.2) is 62.4 Å². The Kier molecular flexibility index (Phi) is 4.41. The van der Waals surface area contributed by atoms with Gasteiger partial charge in [0.1, 0.15) is 18.3 Å². The van der Waals surface area contributed by atoms with Gasteiger partial charge in [-0.1, -0.05) is 0 Å². The molecule has 0 radical (unpaired) electrons. The molecule has 9 nitrogen and oxygen atoms in total. The first-order valence-corrected chi connectivity index (χ1v) is 5.91. The maximum Gasteiger partial charge on any atom is 0.471 e. The smallest absolute Gasteiger partial charge is 0.394 e. The van der Waals surface area contributed by atoms with E-state index in [1.54, 1.807) is 0 Å². The molecule has 0 aromatic carbocycles. The minimum atomic E-state index is -4.83. The van der Waals surface area contributed by atoms with Gasteiger partial charge in [0.2, 0.25) is 0 Å². The van der Waals surface area contributed by atoms with E-state index in [1.807, 2.05) is 0 Å². The van der Waals surface area contributed by atoms with Gasteiger partial charge in [0.15, 0.2) is 6.29 Å². The molecule has 0 saturated carbocycles. The van der Waals surface area contributed by atoms with Gasteiger partial charge in [0.25, 0.3) is 0 Å². The van der Waals surface area contributed by atoms with Gasteiger partial charge in [0.05, 0.1) is 12.6 Å². The molecule has 1 rings (SSSR count). The van der Waals surface area contributed by atoms with Gasteiger partial charge < -0.3 is 35.6 Å². The Bertz CT molecular complexity index is 280. The van der Waals surface area contributed by atoms with Crippen molar-refractivity contribution in [3.8, 4) is 0 Å². The average molecular weight is 259 g/mol. The van der Waals surface area contributed by atoms with Crippen molar-refractivity contribution < 1.29 is 38.9 Å². The fourth-order valence-corrected chi connectivity index (χ4v) is 1.79. The molecule has 0 aliphatic carbocycles. The molecule has 0 amide bonds. The van der Waals surface area contributed by atoms with Crippen LogP contribution in [0.15, 0.2) is 0 Å². The second kappa shape index (κ2) is 5.05. The summed E-state index contributed by atoms with van der Waals surface area (Å²) < 4.78 is 19.5. The number of hydrogen-bond acceptors (Lipinski definition) is 7. The molecule has 1 heterocycles. The summed E-state index contributed by atoms with van der Waals surface area (Å²) in [6, 6.07) is -1.33. The van der Waals surface area contributed by atoms with Crippen molar-refractivity contribution >= 4 is 7.82 Å².